The average molecular weight is 344 g/mol. The van der Waals surface area contributed by atoms with Gasteiger partial charge in [-0.05, 0) is 30.3 Å². The Morgan fingerprint density at radius 3 is 2.56 bits per heavy atom. The summed E-state index contributed by atoms with van der Waals surface area (Å²) in [6.45, 7) is 4.49. The summed E-state index contributed by atoms with van der Waals surface area (Å²) in [6, 6.07) is 8.09. The quantitative estimate of drug-likeness (QED) is 0.536. The van der Waals surface area contributed by atoms with Crippen LogP contribution in [-0.4, -0.2) is 38.6 Å². The first-order valence-corrected chi connectivity index (χ1v) is 7.67. The molecule has 7 nitrogen and oxygen atoms in total. The zero-order valence-corrected chi connectivity index (χ0v) is 13.9. The van der Waals surface area contributed by atoms with Gasteiger partial charge in [-0.15, -0.1) is 0 Å². The maximum atomic E-state index is 12.2. The average Bonchev–Trinajstić information content (AvgIpc) is 3.17. The molecule has 0 atom stereocenters. The van der Waals surface area contributed by atoms with E-state index in [0.29, 0.717) is 23.7 Å². The fourth-order valence-corrected chi connectivity index (χ4v) is 2.03. The first kappa shape index (κ1) is 18.1. The van der Waals surface area contributed by atoms with Crippen molar-refractivity contribution in [3.63, 3.8) is 0 Å². The maximum absolute atomic E-state index is 12.2. The number of ether oxygens (including phenoxy) is 2. The molecule has 0 aliphatic carbocycles. The minimum absolute atomic E-state index is 0.228. The highest BCUT2D eigenvalue weighted by Crippen LogP contribution is 2.28. The van der Waals surface area contributed by atoms with Gasteiger partial charge < -0.3 is 24.5 Å². The van der Waals surface area contributed by atoms with E-state index in [9.17, 15) is 9.59 Å². The van der Waals surface area contributed by atoms with E-state index < -0.39 is 0 Å². The summed E-state index contributed by atoms with van der Waals surface area (Å²) in [7, 11) is 1.50. The normalized spacial score (nSPS) is 9.96. The molecule has 0 unspecified atom stereocenters. The number of benzene rings is 1. The Balaban J connectivity index is 1.83. The molecule has 0 fully saturated rings. The van der Waals surface area contributed by atoms with Crippen molar-refractivity contribution in [3.8, 4) is 11.5 Å². The number of carbonyl (C=O) groups is 2. The smallest absolute Gasteiger partial charge is 0.287 e. The Kier molecular flexibility index (Phi) is 6.65. The number of hydrogen-bond donors (Lipinski definition) is 2. The molecule has 132 valence electrons. The Morgan fingerprint density at radius 1 is 1.16 bits per heavy atom. The van der Waals surface area contributed by atoms with Crippen molar-refractivity contribution < 1.29 is 23.5 Å². The highest BCUT2D eigenvalue weighted by molar-refractivity contribution is 5.95. The van der Waals surface area contributed by atoms with E-state index in [1.54, 1.807) is 36.4 Å². The minimum Gasteiger partial charge on any atom is -0.493 e. The standard InChI is InChI=1S/C18H20N2O5/c1-3-10-24-14-7-6-13(12-16(14)23-2)17(21)19-8-9-20-18(22)15-5-4-11-25-15/h3-7,11-12H,1,8-10H2,2H3,(H,19,21)(H,20,22). The third kappa shape index (κ3) is 5.13. The molecule has 0 radical (unpaired) electrons. The lowest BCUT2D eigenvalue weighted by atomic mass is 10.2. The molecular formula is C18H20N2O5. The molecule has 2 amide bonds. The summed E-state index contributed by atoms with van der Waals surface area (Å²) in [4.78, 5) is 23.8. The second-order valence-electron chi connectivity index (χ2n) is 4.95. The third-order valence-electron chi connectivity index (χ3n) is 3.22. The number of carbonyl (C=O) groups excluding carboxylic acids is 2. The van der Waals surface area contributed by atoms with Gasteiger partial charge >= 0.3 is 0 Å². The number of hydrogen-bond acceptors (Lipinski definition) is 5. The lowest BCUT2D eigenvalue weighted by Gasteiger charge is -2.11. The molecule has 2 aromatic rings. The van der Waals surface area contributed by atoms with Gasteiger partial charge in [0.15, 0.2) is 17.3 Å². The molecule has 0 aliphatic heterocycles. The molecular weight excluding hydrogens is 324 g/mol. The predicted molar refractivity (Wildman–Crippen MR) is 92.1 cm³/mol. The number of methoxy groups -OCH3 is 1. The molecule has 2 N–H and O–H groups in total. The molecule has 0 bridgehead atoms. The largest absolute Gasteiger partial charge is 0.493 e. The summed E-state index contributed by atoms with van der Waals surface area (Å²) < 4.78 is 15.6. The van der Waals surface area contributed by atoms with E-state index >= 15 is 0 Å². The Hall–Kier alpha value is -3.22. The molecule has 1 heterocycles. The van der Waals surface area contributed by atoms with E-state index in [1.165, 1.54) is 13.4 Å². The predicted octanol–water partition coefficient (Wildman–Crippen LogP) is 2.01. The lowest BCUT2D eigenvalue weighted by molar-refractivity contribution is 0.0910. The van der Waals surface area contributed by atoms with Crippen LogP contribution in [0.15, 0.2) is 53.7 Å². The minimum atomic E-state index is -0.329. The van der Waals surface area contributed by atoms with Gasteiger partial charge in [-0.25, -0.2) is 0 Å². The molecule has 7 heteroatoms. The summed E-state index contributed by atoms with van der Waals surface area (Å²) in [6.07, 6.45) is 3.05. The van der Waals surface area contributed by atoms with E-state index in [4.69, 9.17) is 13.9 Å². The summed E-state index contributed by atoms with van der Waals surface area (Å²) >= 11 is 0. The lowest BCUT2D eigenvalue weighted by Crippen LogP contribution is -2.34. The third-order valence-corrected chi connectivity index (χ3v) is 3.22. The molecule has 2 rings (SSSR count). The van der Waals surface area contributed by atoms with Gasteiger partial charge in [0.25, 0.3) is 11.8 Å². The van der Waals surface area contributed by atoms with Crippen molar-refractivity contribution in [2.24, 2.45) is 0 Å². The van der Waals surface area contributed by atoms with Crippen molar-refractivity contribution in [3.05, 3.63) is 60.6 Å². The fourth-order valence-electron chi connectivity index (χ4n) is 2.03. The molecule has 0 spiro atoms. The number of nitrogens with one attached hydrogen (secondary N) is 2. The summed E-state index contributed by atoms with van der Waals surface area (Å²) in [5, 5.41) is 5.36. The van der Waals surface area contributed by atoms with Crippen LogP contribution in [0.4, 0.5) is 0 Å². The molecule has 0 aliphatic rings. The Morgan fingerprint density at radius 2 is 1.92 bits per heavy atom. The molecule has 0 saturated carbocycles. The fraction of sp³-hybridized carbons (Fsp3) is 0.222. The Labute approximate surface area is 145 Å². The highest BCUT2D eigenvalue weighted by atomic mass is 16.5. The first-order valence-electron chi connectivity index (χ1n) is 7.67. The van der Waals surface area contributed by atoms with E-state index in [2.05, 4.69) is 17.2 Å². The van der Waals surface area contributed by atoms with E-state index in [-0.39, 0.29) is 30.7 Å². The summed E-state index contributed by atoms with van der Waals surface area (Å²) in [5.41, 5.74) is 0.431. The van der Waals surface area contributed by atoms with Crippen LogP contribution in [0.25, 0.3) is 0 Å². The van der Waals surface area contributed by atoms with E-state index in [0.717, 1.165) is 0 Å². The van der Waals surface area contributed by atoms with Gasteiger partial charge in [-0.1, -0.05) is 12.7 Å². The van der Waals surface area contributed by atoms with Crippen LogP contribution in [0.1, 0.15) is 20.9 Å². The van der Waals surface area contributed by atoms with Gasteiger partial charge in [0, 0.05) is 18.7 Å². The van der Waals surface area contributed by atoms with Gasteiger partial charge in [0.1, 0.15) is 6.61 Å². The first-order chi connectivity index (χ1) is 12.2. The van der Waals surface area contributed by atoms with Gasteiger partial charge in [0.05, 0.1) is 13.4 Å². The zero-order chi connectivity index (χ0) is 18.1. The van der Waals surface area contributed by atoms with Crippen LogP contribution >= 0.6 is 0 Å². The molecule has 1 aromatic heterocycles. The zero-order valence-electron chi connectivity index (χ0n) is 13.9. The van der Waals surface area contributed by atoms with Gasteiger partial charge in [0.2, 0.25) is 0 Å². The maximum Gasteiger partial charge on any atom is 0.287 e. The van der Waals surface area contributed by atoms with Crippen LogP contribution < -0.4 is 20.1 Å². The number of amides is 2. The van der Waals surface area contributed by atoms with Crippen molar-refractivity contribution >= 4 is 11.8 Å². The topological polar surface area (TPSA) is 89.8 Å². The van der Waals surface area contributed by atoms with Crippen LogP contribution in [0.2, 0.25) is 0 Å². The van der Waals surface area contributed by atoms with Crippen LogP contribution in [0.5, 0.6) is 11.5 Å². The molecule has 0 saturated heterocycles. The van der Waals surface area contributed by atoms with Gasteiger partial charge in [-0.3, -0.25) is 9.59 Å². The van der Waals surface area contributed by atoms with Crippen molar-refractivity contribution in [1.82, 2.24) is 10.6 Å². The molecule has 25 heavy (non-hydrogen) atoms. The van der Waals surface area contributed by atoms with E-state index in [1.807, 2.05) is 0 Å². The SMILES string of the molecule is C=CCOc1ccc(C(=O)NCCNC(=O)c2ccco2)cc1OC. The van der Waals surface area contributed by atoms with Crippen LogP contribution in [0, 0.1) is 0 Å². The monoisotopic (exact) mass is 344 g/mol. The van der Waals surface area contributed by atoms with Crippen molar-refractivity contribution in [1.29, 1.82) is 0 Å². The van der Waals surface area contributed by atoms with Crippen LogP contribution in [0.3, 0.4) is 0 Å². The number of furan rings is 1. The Bertz CT molecular complexity index is 725. The summed E-state index contributed by atoms with van der Waals surface area (Å²) in [5.74, 6) is 0.613. The van der Waals surface area contributed by atoms with Gasteiger partial charge in [-0.2, -0.15) is 0 Å². The number of rotatable bonds is 9. The van der Waals surface area contributed by atoms with Crippen molar-refractivity contribution in [2.75, 3.05) is 26.8 Å². The second-order valence-corrected chi connectivity index (χ2v) is 4.95. The molecule has 1 aromatic carbocycles. The highest BCUT2D eigenvalue weighted by Gasteiger charge is 2.11. The van der Waals surface area contributed by atoms with Crippen molar-refractivity contribution in [2.45, 2.75) is 0 Å². The van der Waals surface area contributed by atoms with Crippen LogP contribution in [-0.2, 0) is 0 Å². The second kappa shape index (κ2) is 9.17.